The highest BCUT2D eigenvalue weighted by molar-refractivity contribution is 7.45. The lowest BCUT2D eigenvalue weighted by atomic mass is 10.0. The van der Waals surface area contributed by atoms with Gasteiger partial charge in [0.25, 0.3) is 7.82 Å². The van der Waals surface area contributed by atoms with Gasteiger partial charge in [0.05, 0.1) is 33.8 Å². The first kappa shape index (κ1) is 78.2. The molecular weight excluding hydrogens is 1020 g/mol. The number of likely N-dealkylation sites (N-methyl/N-ethyl adjacent to an activating group) is 1. The fraction of sp³-hybridized carbons (Fsp3) is 0.775. The largest absolute Gasteiger partial charge is 0.756 e. The van der Waals surface area contributed by atoms with Crippen LogP contribution in [0.1, 0.15) is 303 Å². The van der Waals surface area contributed by atoms with Crippen LogP contribution < -0.4 is 10.2 Å². The minimum absolute atomic E-state index is 0.0378. The van der Waals surface area contributed by atoms with E-state index in [4.69, 9.17) is 13.8 Å². The zero-order valence-electron chi connectivity index (χ0n) is 53.7. The molecule has 0 fully saturated rings. The second kappa shape index (κ2) is 60.3. The number of carbonyl (C=O) groups is 2. The van der Waals surface area contributed by atoms with E-state index in [1.54, 1.807) is 0 Å². The van der Waals surface area contributed by atoms with Crippen molar-refractivity contribution in [3.8, 4) is 0 Å². The van der Waals surface area contributed by atoms with E-state index < -0.39 is 26.6 Å². The Labute approximate surface area is 501 Å². The lowest BCUT2D eigenvalue weighted by Gasteiger charge is -2.30. The standard InChI is InChI=1S/C71H129N2O7P/c1-7-10-13-16-19-22-25-27-29-31-33-34-35-36-37-38-40-42-44-46-49-52-55-58-61-64-71(75)80-69(62-59-56-53-50-47-24-21-18-15-12-9-3)68(67-79-81(76,77)78-66-65-73(4,5)6)72-70(74)63-60-57-54-51-48-45-43-41-39-32-30-28-26-23-20-17-14-11-8-2/h11,14,20,23,28,30,39,41,45,48,54,57,59,62,68-69H,7-10,12-13,15-19,21-22,24-27,29,31-38,40,42-44,46-47,49-53,55-56,58,60-61,63-67H2,1-6H3,(H-,72,74,76,77)/b14-11-,23-20-,30-28-,41-39-,48-45-,57-54-,62-59-. The van der Waals surface area contributed by atoms with Crippen molar-refractivity contribution in [2.24, 2.45) is 0 Å². The Morgan fingerprint density at radius 2 is 0.802 bits per heavy atom. The van der Waals surface area contributed by atoms with Gasteiger partial charge < -0.3 is 28.5 Å². The van der Waals surface area contributed by atoms with Gasteiger partial charge in [-0.2, -0.15) is 0 Å². The first-order chi connectivity index (χ1) is 39.4. The minimum Gasteiger partial charge on any atom is -0.756 e. The van der Waals surface area contributed by atoms with Gasteiger partial charge in [-0.3, -0.25) is 14.2 Å². The van der Waals surface area contributed by atoms with E-state index in [2.05, 4.69) is 86.8 Å². The molecule has 470 valence electrons. The van der Waals surface area contributed by atoms with Crippen LogP contribution in [0.5, 0.6) is 0 Å². The maximum absolute atomic E-state index is 13.5. The molecule has 0 aromatic heterocycles. The zero-order chi connectivity index (χ0) is 59.3. The van der Waals surface area contributed by atoms with E-state index in [9.17, 15) is 19.0 Å². The highest BCUT2D eigenvalue weighted by Crippen LogP contribution is 2.38. The third kappa shape index (κ3) is 61.6. The number of allylic oxidation sites excluding steroid dienone is 13. The lowest BCUT2D eigenvalue weighted by Crippen LogP contribution is -2.47. The van der Waals surface area contributed by atoms with Gasteiger partial charge in [0, 0.05) is 12.8 Å². The number of ether oxygens (including phenoxy) is 1. The van der Waals surface area contributed by atoms with Gasteiger partial charge in [-0.25, -0.2) is 0 Å². The summed E-state index contributed by atoms with van der Waals surface area (Å²) in [5.74, 6) is -0.632. The van der Waals surface area contributed by atoms with E-state index in [-0.39, 0.29) is 31.3 Å². The van der Waals surface area contributed by atoms with Crippen molar-refractivity contribution < 1.29 is 37.3 Å². The molecule has 10 heteroatoms. The van der Waals surface area contributed by atoms with Crippen LogP contribution in [0.15, 0.2) is 85.1 Å². The Morgan fingerprint density at radius 3 is 1.19 bits per heavy atom. The number of unbranched alkanes of at least 4 members (excludes halogenated alkanes) is 33. The molecule has 0 radical (unpaired) electrons. The van der Waals surface area contributed by atoms with Gasteiger partial charge in [-0.05, 0) is 70.3 Å². The number of esters is 1. The number of nitrogens with one attached hydrogen (secondary N) is 1. The van der Waals surface area contributed by atoms with Gasteiger partial charge >= 0.3 is 5.97 Å². The van der Waals surface area contributed by atoms with Crippen LogP contribution in [0.25, 0.3) is 0 Å². The molecule has 3 atom stereocenters. The van der Waals surface area contributed by atoms with Gasteiger partial charge in [0.15, 0.2) is 0 Å². The van der Waals surface area contributed by atoms with Crippen molar-refractivity contribution in [2.45, 2.75) is 315 Å². The number of hydrogen-bond acceptors (Lipinski definition) is 7. The van der Waals surface area contributed by atoms with E-state index in [1.807, 2.05) is 45.4 Å². The number of amides is 1. The Hall–Kier alpha value is -2.81. The molecule has 1 N–H and O–H groups in total. The summed E-state index contributed by atoms with van der Waals surface area (Å²) in [4.78, 5) is 40.0. The van der Waals surface area contributed by atoms with Crippen LogP contribution in [-0.2, 0) is 27.9 Å². The third-order valence-corrected chi connectivity index (χ3v) is 15.8. The van der Waals surface area contributed by atoms with Crippen molar-refractivity contribution in [1.29, 1.82) is 0 Å². The van der Waals surface area contributed by atoms with Crippen LogP contribution >= 0.6 is 7.82 Å². The number of quaternary nitrogens is 1. The van der Waals surface area contributed by atoms with Crippen molar-refractivity contribution in [3.05, 3.63) is 85.1 Å². The van der Waals surface area contributed by atoms with Gasteiger partial charge in [-0.1, -0.05) is 305 Å². The molecule has 0 saturated carbocycles. The fourth-order valence-electron chi connectivity index (χ4n) is 9.66. The number of phosphoric ester groups is 1. The normalized spacial score (nSPS) is 14.1. The Bertz CT molecular complexity index is 1660. The second-order valence-corrected chi connectivity index (χ2v) is 25.4. The number of rotatable bonds is 61. The molecule has 0 aliphatic carbocycles. The monoisotopic (exact) mass is 1150 g/mol. The fourth-order valence-corrected chi connectivity index (χ4v) is 10.4. The Kier molecular flexibility index (Phi) is 58.2. The first-order valence-electron chi connectivity index (χ1n) is 33.9. The first-order valence-corrected chi connectivity index (χ1v) is 35.4. The van der Waals surface area contributed by atoms with Crippen molar-refractivity contribution in [1.82, 2.24) is 5.32 Å². The Balaban J connectivity index is 5.13. The van der Waals surface area contributed by atoms with Gasteiger partial charge in [0.2, 0.25) is 5.91 Å². The van der Waals surface area contributed by atoms with Crippen LogP contribution in [0.2, 0.25) is 0 Å². The summed E-state index contributed by atoms with van der Waals surface area (Å²) in [7, 11) is 1.14. The Morgan fingerprint density at radius 1 is 0.444 bits per heavy atom. The highest BCUT2D eigenvalue weighted by Gasteiger charge is 2.27. The van der Waals surface area contributed by atoms with E-state index in [1.165, 1.54) is 186 Å². The van der Waals surface area contributed by atoms with Crippen molar-refractivity contribution in [2.75, 3.05) is 40.9 Å². The predicted octanol–water partition coefficient (Wildman–Crippen LogP) is 20.7. The van der Waals surface area contributed by atoms with Gasteiger partial charge in [0.1, 0.15) is 19.3 Å². The number of hydrogen-bond donors (Lipinski definition) is 1. The summed E-state index contributed by atoms with van der Waals surface area (Å²) < 4.78 is 30.3. The summed E-state index contributed by atoms with van der Waals surface area (Å²) >= 11 is 0. The SMILES string of the molecule is CC/C=C\C/C=C\C/C=C\C/C=C\C/C=C\C/C=C\CCC(=O)NC(COP(=O)([O-])OCC[N+](C)(C)C)C(/C=C\CCCCCCCCCCC)OC(=O)CCCCCCCCCCCCCCCCCCCCCCCCCCC. The molecule has 0 aromatic carbocycles. The number of phosphoric acid groups is 1. The highest BCUT2D eigenvalue weighted by atomic mass is 31.2. The van der Waals surface area contributed by atoms with Crippen molar-refractivity contribution in [3.63, 3.8) is 0 Å². The topological polar surface area (TPSA) is 114 Å². The molecule has 0 bridgehead atoms. The maximum atomic E-state index is 13.5. The molecule has 0 aliphatic rings. The number of carbonyl (C=O) groups excluding carboxylic acids is 2. The second-order valence-electron chi connectivity index (χ2n) is 24.0. The molecule has 0 spiro atoms. The average Bonchev–Trinajstić information content (AvgIpc) is 3.43. The van der Waals surface area contributed by atoms with Crippen LogP contribution in [0.3, 0.4) is 0 Å². The molecular formula is C71H129N2O7P. The average molecular weight is 1150 g/mol. The molecule has 0 heterocycles. The van der Waals surface area contributed by atoms with Crippen LogP contribution in [-0.4, -0.2) is 69.4 Å². The van der Waals surface area contributed by atoms with Gasteiger partial charge in [-0.15, -0.1) is 0 Å². The molecule has 0 saturated heterocycles. The third-order valence-electron chi connectivity index (χ3n) is 14.9. The molecule has 81 heavy (non-hydrogen) atoms. The summed E-state index contributed by atoms with van der Waals surface area (Å²) in [5.41, 5.74) is 0. The molecule has 0 aromatic rings. The molecule has 3 unspecified atom stereocenters. The van der Waals surface area contributed by atoms with E-state index in [0.29, 0.717) is 17.4 Å². The molecule has 9 nitrogen and oxygen atoms in total. The summed E-state index contributed by atoms with van der Waals surface area (Å²) in [6.07, 6.45) is 80.2. The molecule has 0 rings (SSSR count). The van der Waals surface area contributed by atoms with Crippen molar-refractivity contribution >= 4 is 19.7 Å². The van der Waals surface area contributed by atoms with E-state index in [0.717, 1.165) is 77.0 Å². The van der Waals surface area contributed by atoms with Crippen LogP contribution in [0, 0.1) is 0 Å². The predicted molar refractivity (Wildman–Crippen MR) is 348 cm³/mol. The van der Waals surface area contributed by atoms with E-state index >= 15 is 0 Å². The smallest absolute Gasteiger partial charge is 0.306 e. The minimum atomic E-state index is -4.72. The van der Waals surface area contributed by atoms with Crippen LogP contribution in [0.4, 0.5) is 0 Å². The lowest BCUT2D eigenvalue weighted by molar-refractivity contribution is -0.870. The summed E-state index contributed by atoms with van der Waals surface area (Å²) in [5, 5.41) is 2.98. The quantitative estimate of drug-likeness (QED) is 0.0212. The number of nitrogens with zero attached hydrogens (tertiary/aromatic N) is 1. The summed E-state index contributed by atoms with van der Waals surface area (Å²) in [6.45, 7) is 6.69. The molecule has 0 aliphatic heterocycles. The molecule has 1 amide bonds. The maximum Gasteiger partial charge on any atom is 0.306 e. The summed E-state index contributed by atoms with van der Waals surface area (Å²) in [6, 6.07) is -0.931. The zero-order valence-corrected chi connectivity index (χ0v) is 54.6.